The van der Waals surface area contributed by atoms with Gasteiger partial charge in [-0.3, -0.25) is 9.11 Å². The average molecular weight is 293 g/mol. The lowest BCUT2D eigenvalue weighted by Gasteiger charge is -2.65. The third kappa shape index (κ3) is 3.29. The number of rotatable bonds is 0. The minimum Gasteiger partial charge on any atom is -0.344 e. The average Bonchev–Trinajstić information content (AvgIpc) is 2.10. The second-order valence-electron chi connectivity index (χ2n) is 7.27. The summed E-state index contributed by atoms with van der Waals surface area (Å²) in [7, 11) is -4.67. The van der Waals surface area contributed by atoms with Crippen LogP contribution in [0.15, 0.2) is 0 Å². The molecule has 19 heavy (non-hydrogen) atoms. The van der Waals surface area contributed by atoms with E-state index >= 15 is 0 Å². The van der Waals surface area contributed by atoms with Crippen molar-refractivity contribution in [1.82, 2.24) is 6.15 Å². The van der Waals surface area contributed by atoms with Crippen molar-refractivity contribution in [2.75, 3.05) is 0 Å². The van der Waals surface area contributed by atoms with Gasteiger partial charge in [-0.05, 0) is 60.7 Å². The van der Waals surface area contributed by atoms with E-state index in [4.69, 9.17) is 17.5 Å². The van der Waals surface area contributed by atoms with Gasteiger partial charge in [0.25, 0.3) is 0 Å². The maximum absolute atomic E-state index is 8.74. The zero-order valence-electron chi connectivity index (χ0n) is 12.1. The Balaban J connectivity index is 0.000000265. The first-order valence-electron chi connectivity index (χ1n) is 6.71. The standard InChI is InChI=1S/C13H22.H3N.H2O4S/c1-12(2)11-5-9-4-10(6-11)8-13(12,3)7-9;;1-5(2,3)4/h9-11H,4-8H2,1-3H3;1H3;(H2,1,2,3,4). The molecular weight excluding hydrogens is 266 g/mol. The molecule has 2 unspecified atom stereocenters. The topological polar surface area (TPSA) is 110 Å². The lowest BCUT2D eigenvalue weighted by Crippen LogP contribution is -2.56. The highest BCUT2D eigenvalue weighted by Gasteiger charge is 2.58. The van der Waals surface area contributed by atoms with Crippen LogP contribution in [0, 0.1) is 28.6 Å². The first kappa shape index (κ1) is 16.9. The molecule has 114 valence electrons. The van der Waals surface area contributed by atoms with E-state index in [-0.39, 0.29) is 6.15 Å². The Morgan fingerprint density at radius 2 is 1.32 bits per heavy atom. The van der Waals surface area contributed by atoms with Crippen LogP contribution >= 0.6 is 0 Å². The van der Waals surface area contributed by atoms with E-state index in [2.05, 4.69) is 20.8 Å². The molecule has 5 N–H and O–H groups in total. The van der Waals surface area contributed by atoms with Crippen LogP contribution in [0.4, 0.5) is 0 Å². The van der Waals surface area contributed by atoms with E-state index in [9.17, 15) is 0 Å². The zero-order chi connectivity index (χ0) is 13.8. The van der Waals surface area contributed by atoms with Gasteiger partial charge in [0.2, 0.25) is 0 Å². The summed E-state index contributed by atoms with van der Waals surface area (Å²) < 4.78 is 31.6. The third-order valence-corrected chi connectivity index (χ3v) is 5.96. The second kappa shape index (κ2) is 4.98. The number of hydrogen-bond acceptors (Lipinski definition) is 3. The van der Waals surface area contributed by atoms with E-state index in [1.54, 1.807) is 19.3 Å². The van der Waals surface area contributed by atoms with E-state index in [0.29, 0.717) is 10.8 Å². The maximum atomic E-state index is 8.74. The molecule has 2 atom stereocenters. The first-order valence-corrected chi connectivity index (χ1v) is 8.11. The van der Waals surface area contributed by atoms with Gasteiger partial charge < -0.3 is 6.15 Å². The van der Waals surface area contributed by atoms with Crippen LogP contribution in [0.25, 0.3) is 0 Å². The summed E-state index contributed by atoms with van der Waals surface area (Å²) in [5, 5.41) is 0. The van der Waals surface area contributed by atoms with Crippen molar-refractivity contribution in [3.05, 3.63) is 0 Å². The fraction of sp³-hybridized carbons (Fsp3) is 1.00. The molecule has 0 aromatic rings. The van der Waals surface area contributed by atoms with Crippen molar-refractivity contribution in [3.8, 4) is 0 Å². The third-order valence-electron chi connectivity index (χ3n) is 5.96. The highest BCUT2D eigenvalue weighted by Crippen LogP contribution is 2.67. The van der Waals surface area contributed by atoms with E-state index in [1.807, 2.05) is 0 Å². The molecule has 4 saturated carbocycles. The molecule has 0 aromatic heterocycles. The van der Waals surface area contributed by atoms with Gasteiger partial charge in [-0.15, -0.1) is 0 Å². The Bertz CT molecular complexity index is 410. The van der Waals surface area contributed by atoms with Crippen molar-refractivity contribution in [3.63, 3.8) is 0 Å². The summed E-state index contributed by atoms with van der Waals surface area (Å²) in [4.78, 5) is 0. The smallest absolute Gasteiger partial charge is 0.344 e. The van der Waals surface area contributed by atoms with Crippen LogP contribution in [0.3, 0.4) is 0 Å². The fourth-order valence-electron chi connectivity index (χ4n) is 4.86. The molecule has 4 aliphatic carbocycles. The molecule has 0 aliphatic heterocycles. The quantitative estimate of drug-likeness (QED) is 0.593. The minimum absolute atomic E-state index is 0. The highest BCUT2D eigenvalue weighted by atomic mass is 32.3. The predicted molar refractivity (Wildman–Crippen MR) is 74.6 cm³/mol. The second-order valence-corrected chi connectivity index (χ2v) is 8.17. The summed E-state index contributed by atoms with van der Waals surface area (Å²) in [5.74, 6) is 3.27. The summed E-state index contributed by atoms with van der Waals surface area (Å²) >= 11 is 0. The minimum atomic E-state index is -4.67. The first-order chi connectivity index (χ1) is 8.01. The van der Waals surface area contributed by atoms with Crippen molar-refractivity contribution >= 4 is 10.4 Å². The van der Waals surface area contributed by atoms with Crippen LogP contribution in [0.2, 0.25) is 0 Å². The molecule has 0 radical (unpaired) electrons. The maximum Gasteiger partial charge on any atom is 0.394 e. The fourth-order valence-corrected chi connectivity index (χ4v) is 4.86. The van der Waals surface area contributed by atoms with Gasteiger partial charge in [-0.1, -0.05) is 20.8 Å². The van der Waals surface area contributed by atoms with Gasteiger partial charge in [-0.2, -0.15) is 8.42 Å². The highest BCUT2D eigenvalue weighted by molar-refractivity contribution is 7.79. The molecule has 0 spiro atoms. The molecule has 4 bridgehead atoms. The molecule has 4 aliphatic rings. The SMILES string of the molecule is CC12CC3CC(CC(C3)C1(C)C)C2.N.O=S(=O)(O)O. The number of hydrogen-bond donors (Lipinski definition) is 3. The van der Waals surface area contributed by atoms with E-state index < -0.39 is 10.4 Å². The van der Waals surface area contributed by atoms with Gasteiger partial charge in [0.15, 0.2) is 0 Å². The molecule has 4 rings (SSSR count). The van der Waals surface area contributed by atoms with Crippen LogP contribution in [-0.2, 0) is 10.4 Å². The largest absolute Gasteiger partial charge is 0.394 e. The van der Waals surface area contributed by atoms with Crippen molar-refractivity contribution in [1.29, 1.82) is 0 Å². The molecule has 6 heteroatoms. The molecule has 0 aromatic carbocycles. The Morgan fingerprint density at radius 3 is 1.63 bits per heavy atom. The van der Waals surface area contributed by atoms with Crippen molar-refractivity contribution < 1.29 is 17.5 Å². The molecule has 0 heterocycles. The van der Waals surface area contributed by atoms with Crippen LogP contribution in [-0.4, -0.2) is 17.5 Å². The molecular formula is C13H27NO4S. The van der Waals surface area contributed by atoms with Crippen molar-refractivity contribution in [2.45, 2.75) is 52.9 Å². The Hall–Kier alpha value is -0.170. The monoisotopic (exact) mass is 293 g/mol. The van der Waals surface area contributed by atoms with E-state index in [0.717, 1.165) is 17.8 Å². The molecule has 4 fully saturated rings. The lowest BCUT2D eigenvalue weighted by atomic mass is 9.40. The van der Waals surface area contributed by atoms with E-state index in [1.165, 1.54) is 12.8 Å². The summed E-state index contributed by atoms with van der Waals surface area (Å²) in [6.07, 6.45) is 7.75. The van der Waals surface area contributed by atoms with Crippen LogP contribution in [0.1, 0.15) is 52.9 Å². The van der Waals surface area contributed by atoms with Gasteiger partial charge in [0.1, 0.15) is 0 Å². The molecule has 0 amide bonds. The van der Waals surface area contributed by atoms with Gasteiger partial charge >= 0.3 is 10.4 Å². The van der Waals surface area contributed by atoms with Gasteiger partial charge in [0, 0.05) is 0 Å². The Kier molecular flexibility index (Phi) is 4.43. The van der Waals surface area contributed by atoms with Crippen molar-refractivity contribution in [2.24, 2.45) is 28.6 Å². The zero-order valence-corrected chi connectivity index (χ0v) is 12.9. The van der Waals surface area contributed by atoms with Crippen LogP contribution in [0.5, 0.6) is 0 Å². The van der Waals surface area contributed by atoms with Crippen LogP contribution < -0.4 is 6.15 Å². The Morgan fingerprint density at radius 1 is 0.947 bits per heavy atom. The normalized spacial score (nSPS) is 42.1. The van der Waals surface area contributed by atoms with Gasteiger partial charge in [-0.25, -0.2) is 0 Å². The Labute approximate surface area is 116 Å². The summed E-state index contributed by atoms with van der Waals surface area (Å²) in [5.41, 5.74) is 1.34. The molecule has 0 saturated heterocycles. The summed E-state index contributed by atoms with van der Waals surface area (Å²) in [6.45, 7) is 7.64. The lowest BCUT2D eigenvalue weighted by molar-refractivity contribution is -0.149. The predicted octanol–water partition coefficient (Wildman–Crippen LogP) is 3.37. The van der Waals surface area contributed by atoms with Gasteiger partial charge in [0.05, 0.1) is 0 Å². The molecule has 5 nitrogen and oxygen atoms in total. The summed E-state index contributed by atoms with van der Waals surface area (Å²) in [6, 6.07) is 0.